The van der Waals surface area contributed by atoms with Crippen LogP contribution in [0.3, 0.4) is 0 Å². The zero-order valence-corrected chi connectivity index (χ0v) is 10.6. The first-order valence-electron chi connectivity index (χ1n) is 6.36. The van der Waals surface area contributed by atoms with E-state index in [1.54, 1.807) is 0 Å². The van der Waals surface area contributed by atoms with Crippen molar-refractivity contribution >= 4 is 11.8 Å². The highest BCUT2D eigenvalue weighted by Gasteiger charge is 2.32. The van der Waals surface area contributed by atoms with Crippen molar-refractivity contribution < 1.29 is 0 Å². The van der Waals surface area contributed by atoms with Crippen molar-refractivity contribution in [3.63, 3.8) is 0 Å². The van der Waals surface area contributed by atoms with Gasteiger partial charge in [0, 0.05) is 18.6 Å². The van der Waals surface area contributed by atoms with Gasteiger partial charge in [-0.1, -0.05) is 6.42 Å². The van der Waals surface area contributed by atoms with E-state index in [1.165, 1.54) is 43.7 Å². The number of nitrogens with zero attached hydrogens (tertiary/aromatic N) is 1. The molecule has 2 aliphatic heterocycles. The summed E-state index contributed by atoms with van der Waals surface area (Å²) in [5, 5.41) is 0. The molecule has 3 heteroatoms. The number of hydrogen-bond acceptors (Lipinski definition) is 3. The lowest BCUT2D eigenvalue weighted by molar-refractivity contribution is 0.0801. The largest absolute Gasteiger partial charge is 0.329 e. The Morgan fingerprint density at radius 1 is 1.40 bits per heavy atom. The smallest absolute Gasteiger partial charge is 0.0257 e. The maximum absolute atomic E-state index is 5.99. The summed E-state index contributed by atoms with van der Waals surface area (Å²) >= 11 is 2.11. The molecule has 2 aliphatic rings. The second-order valence-corrected chi connectivity index (χ2v) is 6.16. The van der Waals surface area contributed by atoms with Crippen molar-refractivity contribution in [2.45, 2.75) is 44.7 Å². The lowest BCUT2D eigenvalue weighted by atomic mass is 9.93. The first-order chi connectivity index (χ1) is 7.33. The van der Waals surface area contributed by atoms with Gasteiger partial charge in [-0.25, -0.2) is 0 Å². The van der Waals surface area contributed by atoms with Crippen molar-refractivity contribution in [3.05, 3.63) is 0 Å². The van der Waals surface area contributed by atoms with E-state index in [1.807, 2.05) is 0 Å². The van der Waals surface area contributed by atoms with Crippen LogP contribution in [0.25, 0.3) is 0 Å². The van der Waals surface area contributed by atoms with E-state index in [0.717, 1.165) is 18.5 Å². The predicted octanol–water partition coefficient (Wildman–Crippen LogP) is 1.94. The van der Waals surface area contributed by atoms with E-state index in [2.05, 4.69) is 23.6 Å². The highest BCUT2D eigenvalue weighted by molar-refractivity contribution is 7.99. The van der Waals surface area contributed by atoms with E-state index in [9.17, 15) is 0 Å². The molecule has 15 heavy (non-hydrogen) atoms. The molecule has 0 aliphatic carbocycles. The minimum absolute atomic E-state index is 0.662. The second-order valence-electron chi connectivity index (χ2n) is 5.01. The predicted molar refractivity (Wildman–Crippen MR) is 68.3 cm³/mol. The number of rotatable bonds is 3. The molecule has 2 heterocycles. The highest BCUT2D eigenvalue weighted by atomic mass is 32.2. The Kier molecular flexibility index (Phi) is 4.35. The average molecular weight is 228 g/mol. The zero-order chi connectivity index (χ0) is 10.7. The molecule has 2 fully saturated rings. The Morgan fingerprint density at radius 3 is 2.87 bits per heavy atom. The van der Waals surface area contributed by atoms with Crippen LogP contribution in [0.2, 0.25) is 0 Å². The summed E-state index contributed by atoms with van der Waals surface area (Å²) in [6.45, 7) is 4.52. The standard InChI is InChI=1S/C12H24N2S/c1-10-4-2-3-6-14(10)12(8-13)11-5-7-15-9-11/h10-12H,2-9,13H2,1H3. The maximum atomic E-state index is 5.99. The van der Waals surface area contributed by atoms with Crippen molar-refractivity contribution in [3.8, 4) is 0 Å². The number of hydrogen-bond donors (Lipinski definition) is 1. The highest BCUT2D eigenvalue weighted by Crippen LogP contribution is 2.31. The van der Waals surface area contributed by atoms with Gasteiger partial charge in [0.2, 0.25) is 0 Å². The normalized spacial score (nSPS) is 35.6. The van der Waals surface area contributed by atoms with Crippen LogP contribution in [-0.4, -0.2) is 41.6 Å². The molecule has 2 rings (SSSR count). The molecule has 0 bridgehead atoms. The monoisotopic (exact) mass is 228 g/mol. The molecule has 0 saturated carbocycles. The molecule has 3 atom stereocenters. The quantitative estimate of drug-likeness (QED) is 0.800. The molecule has 0 radical (unpaired) electrons. The summed E-state index contributed by atoms with van der Waals surface area (Å²) < 4.78 is 0. The number of likely N-dealkylation sites (tertiary alicyclic amines) is 1. The Hall–Kier alpha value is 0.270. The lowest BCUT2D eigenvalue weighted by Gasteiger charge is -2.41. The van der Waals surface area contributed by atoms with E-state index < -0.39 is 0 Å². The topological polar surface area (TPSA) is 29.3 Å². The van der Waals surface area contributed by atoms with Crippen LogP contribution in [0.4, 0.5) is 0 Å². The van der Waals surface area contributed by atoms with Crippen LogP contribution in [0.5, 0.6) is 0 Å². The average Bonchev–Trinajstić information content (AvgIpc) is 2.75. The van der Waals surface area contributed by atoms with Gasteiger partial charge in [0.1, 0.15) is 0 Å². The van der Waals surface area contributed by atoms with Gasteiger partial charge < -0.3 is 5.73 Å². The molecule has 2 N–H and O–H groups in total. The van der Waals surface area contributed by atoms with E-state index in [4.69, 9.17) is 5.73 Å². The van der Waals surface area contributed by atoms with E-state index in [0.29, 0.717) is 6.04 Å². The van der Waals surface area contributed by atoms with Gasteiger partial charge in [0.05, 0.1) is 0 Å². The molecule has 0 aromatic heterocycles. The summed E-state index contributed by atoms with van der Waals surface area (Å²) in [5.74, 6) is 3.55. The fourth-order valence-corrected chi connectivity index (χ4v) is 4.40. The summed E-state index contributed by atoms with van der Waals surface area (Å²) in [4.78, 5) is 2.69. The van der Waals surface area contributed by atoms with E-state index in [-0.39, 0.29) is 0 Å². The molecule has 88 valence electrons. The molecular formula is C12H24N2S. The van der Waals surface area contributed by atoms with Crippen LogP contribution < -0.4 is 5.73 Å². The molecule has 2 nitrogen and oxygen atoms in total. The van der Waals surface area contributed by atoms with Gasteiger partial charge in [0.15, 0.2) is 0 Å². The van der Waals surface area contributed by atoms with Gasteiger partial charge in [-0.2, -0.15) is 11.8 Å². The maximum Gasteiger partial charge on any atom is 0.0257 e. The zero-order valence-electron chi connectivity index (χ0n) is 9.82. The Morgan fingerprint density at radius 2 is 2.27 bits per heavy atom. The second kappa shape index (κ2) is 5.55. The fourth-order valence-electron chi connectivity index (χ4n) is 3.07. The molecule has 0 aromatic rings. The van der Waals surface area contributed by atoms with Gasteiger partial charge >= 0.3 is 0 Å². The SMILES string of the molecule is CC1CCCCN1C(CN)C1CCSC1. The third kappa shape index (κ3) is 2.69. The molecule has 2 saturated heterocycles. The van der Waals surface area contributed by atoms with Crippen LogP contribution >= 0.6 is 11.8 Å². The first-order valence-corrected chi connectivity index (χ1v) is 7.52. The molecular weight excluding hydrogens is 204 g/mol. The summed E-state index contributed by atoms with van der Waals surface area (Å²) in [6, 6.07) is 1.42. The minimum atomic E-state index is 0.662. The van der Waals surface area contributed by atoms with Crippen LogP contribution in [0, 0.1) is 5.92 Å². The van der Waals surface area contributed by atoms with Crippen LogP contribution in [0.1, 0.15) is 32.6 Å². The first kappa shape index (κ1) is 11.7. The van der Waals surface area contributed by atoms with E-state index >= 15 is 0 Å². The van der Waals surface area contributed by atoms with Crippen molar-refractivity contribution in [1.82, 2.24) is 4.90 Å². The number of thioether (sulfide) groups is 1. The number of nitrogens with two attached hydrogens (primary N) is 1. The Labute approximate surface area is 98.0 Å². The number of piperidine rings is 1. The summed E-state index contributed by atoms with van der Waals surface area (Å²) in [5.41, 5.74) is 5.99. The molecule has 3 unspecified atom stereocenters. The van der Waals surface area contributed by atoms with Gasteiger partial charge in [-0.05, 0) is 50.2 Å². The summed E-state index contributed by atoms with van der Waals surface area (Å²) in [6.07, 6.45) is 5.54. The fraction of sp³-hybridized carbons (Fsp3) is 1.00. The van der Waals surface area contributed by atoms with Crippen molar-refractivity contribution in [1.29, 1.82) is 0 Å². The summed E-state index contributed by atoms with van der Waals surface area (Å²) in [7, 11) is 0. The van der Waals surface area contributed by atoms with Crippen LogP contribution in [0.15, 0.2) is 0 Å². The van der Waals surface area contributed by atoms with Crippen molar-refractivity contribution in [2.75, 3.05) is 24.6 Å². The van der Waals surface area contributed by atoms with Crippen LogP contribution in [-0.2, 0) is 0 Å². The van der Waals surface area contributed by atoms with Gasteiger partial charge in [0.25, 0.3) is 0 Å². The van der Waals surface area contributed by atoms with Crippen molar-refractivity contribution in [2.24, 2.45) is 11.7 Å². The molecule has 0 aromatic carbocycles. The third-order valence-corrected chi connectivity index (χ3v) is 5.22. The minimum Gasteiger partial charge on any atom is -0.329 e. The Balaban J connectivity index is 1.97. The van der Waals surface area contributed by atoms with Gasteiger partial charge in [-0.15, -0.1) is 0 Å². The lowest BCUT2D eigenvalue weighted by Crippen LogP contribution is -2.51. The van der Waals surface area contributed by atoms with Gasteiger partial charge in [-0.3, -0.25) is 4.90 Å². The molecule has 0 amide bonds. The molecule has 0 spiro atoms. The third-order valence-electron chi connectivity index (χ3n) is 4.03. The Bertz CT molecular complexity index is 192.